The summed E-state index contributed by atoms with van der Waals surface area (Å²) in [5, 5.41) is 11.1. The van der Waals surface area contributed by atoms with Gasteiger partial charge < -0.3 is 5.11 Å². The van der Waals surface area contributed by atoms with Crippen molar-refractivity contribution < 1.29 is 14.3 Å². The molecule has 2 aromatic rings. The molecule has 2 N–H and O–H groups in total. The standard InChI is InChI=1S/C14H12FNO2/c1-9-5-4-7-11(13(9)16-14(17)18)10-6-2-3-8-12(10)15/h2-8,16H,1H3,(H,17,18). The Kier molecular flexibility index (Phi) is 3.28. The molecule has 0 spiro atoms. The highest BCUT2D eigenvalue weighted by Crippen LogP contribution is 2.32. The van der Waals surface area contributed by atoms with Gasteiger partial charge in [-0.15, -0.1) is 0 Å². The molecule has 0 atom stereocenters. The van der Waals surface area contributed by atoms with E-state index in [0.29, 0.717) is 16.8 Å². The third-order valence-electron chi connectivity index (χ3n) is 2.67. The van der Waals surface area contributed by atoms with Crippen molar-refractivity contribution in [2.24, 2.45) is 0 Å². The van der Waals surface area contributed by atoms with Crippen molar-refractivity contribution >= 4 is 11.8 Å². The van der Waals surface area contributed by atoms with Crippen LogP contribution >= 0.6 is 0 Å². The van der Waals surface area contributed by atoms with Gasteiger partial charge in [0.1, 0.15) is 5.82 Å². The maximum atomic E-state index is 13.7. The van der Waals surface area contributed by atoms with Gasteiger partial charge in [-0.2, -0.15) is 0 Å². The van der Waals surface area contributed by atoms with Gasteiger partial charge in [0.15, 0.2) is 0 Å². The molecule has 92 valence electrons. The van der Waals surface area contributed by atoms with Crippen LogP contribution in [0.25, 0.3) is 11.1 Å². The van der Waals surface area contributed by atoms with Crippen LogP contribution in [0.1, 0.15) is 5.56 Å². The lowest BCUT2D eigenvalue weighted by molar-refractivity contribution is 0.209. The highest BCUT2D eigenvalue weighted by Gasteiger charge is 2.12. The molecule has 3 nitrogen and oxygen atoms in total. The average molecular weight is 245 g/mol. The Morgan fingerprint density at radius 1 is 1.11 bits per heavy atom. The SMILES string of the molecule is Cc1cccc(-c2ccccc2F)c1NC(=O)O. The fraction of sp³-hybridized carbons (Fsp3) is 0.0714. The summed E-state index contributed by atoms with van der Waals surface area (Å²) >= 11 is 0. The molecule has 18 heavy (non-hydrogen) atoms. The van der Waals surface area contributed by atoms with E-state index < -0.39 is 6.09 Å². The van der Waals surface area contributed by atoms with Crippen LogP contribution in [0.2, 0.25) is 0 Å². The van der Waals surface area contributed by atoms with Gasteiger partial charge in [-0.25, -0.2) is 9.18 Å². The molecule has 2 rings (SSSR count). The van der Waals surface area contributed by atoms with E-state index in [9.17, 15) is 9.18 Å². The van der Waals surface area contributed by atoms with Gasteiger partial charge in [0.05, 0.1) is 5.69 Å². The van der Waals surface area contributed by atoms with Crippen LogP contribution in [-0.4, -0.2) is 11.2 Å². The molecule has 0 saturated carbocycles. The molecule has 0 heterocycles. The third kappa shape index (κ3) is 2.32. The molecule has 4 heteroatoms. The molecule has 0 aliphatic rings. The summed E-state index contributed by atoms with van der Waals surface area (Å²) in [6.07, 6.45) is -1.16. The Bertz CT molecular complexity index is 596. The van der Waals surface area contributed by atoms with Crippen LogP contribution in [0.3, 0.4) is 0 Å². The fourth-order valence-corrected chi connectivity index (χ4v) is 1.84. The van der Waals surface area contributed by atoms with Gasteiger partial charge in [-0.05, 0) is 18.6 Å². The number of carboxylic acid groups (broad SMARTS) is 1. The molecular formula is C14H12FNO2. The summed E-state index contributed by atoms with van der Waals surface area (Å²) in [7, 11) is 0. The molecule has 0 saturated heterocycles. The Balaban J connectivity index is 2.61. The van der Waals surface area contributed by atoms with Crippen LogP contribution in [0.5, 0.6) is 0 Å². The van der Waals surface area contributed by atoms with Gasteiger partial charge in [0.25, 0.3) is 0 Å². The number of hydrogen-bond donors (Lipinski definition) is 2. The van der Waals surface area contributed by atoms with Crippen LogP contribution in [0, 0.1) is 12.7 Å². The van der Waals surface area contributed by atoms with Crippen LogP contribution in [0.4, 0.5) is 14.9 Å². The molecule has 0 aliphatic carbocycles. The first-order chi connectivity index (χ1) is 8.59. The second-order valence-corrected chi connectivity index (χ2v) is 3.91. The smallest absolute Gasteiger partial charge is 0.409 e. The Hall–Kier alpha value is -2.36. The van der Waals surface area contributed by atoms with Gasteiger partial charge >= 0.3 is 6.09 Å². The molecule has 0 aliphatic heterocycles. The monoisotopic (exact) mass is 245 g/mol. The number of benzene rings is 2. The zero-order valence-corrected chi connectivity index (χ0v) is 9.77. The van der Waals surface area contributed by atoms with Crippen molar-refractivity contribution in [3.63, 3.8) is 0 Å². The summed E-state index contributed by atoms with van der Waals surface area (Å²) in [4.78, 5) is 10.8. The first-order valence-corrected chi connectivity index (χ1v) is 5.44. The molecule has 0 radical (unpaired) electrons. The topological polar surface area (TPSA) is 49.3 Å². The lowest BCUT2D eigenvalue weighted by Gasteiger charge is -2.12. The van der Waals surface area contributed by atoms with Crippen molar-refractivity contribution in [3.05, 3.63) is 53.8 Å². The first-order valence-electron chi connectivity index (χ1n) is 5.44. The van der Waals surface area contributed by atoms with E-state index in [2.05, 4.69) is 5.32 Å². The maximum absolute atomic E-state index is 13.7. The molecule has 0 fully saturated rings. The molecular weight excluding hydrogens is 233 g/mol. The quantitative estimate of drug-likeness (QED) is 0.843. The number of carbonyl (C=O) groups is 1. The van der Waals surface area contributed by atoms with Crippen molar-refractivity contribution in [2.75, 3.05) is 5.32 Å². The summed E-state index contributed by atoms with van der Waals surface area (Å²) in [6, 6.07) is 11.5. The van der Waals surface area contributed by atoms with Gasteiger partial charge in [-0.3, -0.25) is 5.32 Å². The van der Waals surface area contributed by atoms with Gasteiger partial charge in [-0.1, -0.05) is 36.4 Å². The van der Waals surface area contributed by atoms with Crippen molar-refractivity contribution in [1.29, 1.82) is 0 Å². The summed E-state index contributed by atoms with van der Waals surface area (Å²) in [6.45, 7) is 1.77. The molecule has 0 bridgehead atoms. The number of amides is 1. The van der Waals surface area contributed by atoms with E-state index in [1.54, 1.807) is 43.3 Å². The summed E-state index contributed by atoms with van der Waals surface area (Å²) in [5.41, 5.74) is 2.08. The van der Waals surface area contributed by atoms with Gasteiger partial charge in [0, 0.05) is 11.1 Å². The van der Waals surface area contributed by atoms with E-state index in [1.165, 1.54) is 6.07 Å². The molecule has 0 unspecified atom stereocenters. The number of hydrogen-bond acceptors (Lipinski definition) is 1. The van der Waals surface area contributed by atoms with Crippen LogP contribution in [-0.2, 0) is 0 Å². The van der Waals surface area contributed by atoms with Crippen LogP contribution < -0.4 is 5.32 Å². The van der Waals surface area contributed by atoms with E-state index in [4.69, 9.17) is 5.11 Å². The molecule has 1 amide bonds. The Morgan fingerprint density at radius 2 is 1.78 bits per heavy atom. The number of halogens is 1. The van der Waals surface area contributed by atoms with Gasteiger partial charge in [0.2, 0.25) is 0 Å². The minimum atomic E-state index is -1.16. The minimum absolute atomic E-state index is 0.378. The number of anilines is 1. The average Bonchev–Trinajstić information content (AvgIpc) is 2.32. The summed E-state index contributed by atoms with van der Waals surface area (Å²) in [5.74, 6) is -0.378. The predicted molar refractivity (Wildman–Crippen MR) is 68.2 cm³/mol. The maximum Gasteiger partial charge on any atom is 0.409 e. The minimum Gasteiger partial charge on any atom is -0.465 e. The third-order valence-corrected chi connectivity index (χ3v) is 2.67. The Labute approximate surface area is 104 Å². The van der Waals surface area contributed by atoms with E-state index >= 15 is 0 Å². The lowest BCUT2D eigenvalue weighted by Crippen LogP contribution is -2.09. The second kappa shape index (κ2) is 4.87. The zero-order chi connectivity index (χ0) is 13.1. The molecule has 0 aromatic heterocycles. The largest absolute Gasteiger partial charge is 0.465 e. The lowest BCUT2D eigenvalue weighted by atomic mass is 10.00. The normalized spacial score (nSPS) is 10.1. The zero-order valence-electron chi connectivity index (χ0n) is 9.77. The van der Waals surface area contributed by atoms with Crippen molar-refractivity contribution in [1.82, 2.24) is 0 Å². The highest BCUT2D eigenvalue weighted by molar-refractivity contribution is 5.92. The molecule has 2 aromatic carbocycles. The Morgan fingerprint density at radius 3 is 2.44 bits per heavy atom. The van der Waals surface area contributed by atoms with Crippen molar-refractivity contribution in [3.8, 4) is 11.1 Å². The fourth-order valence-electron chi connectivity index (χ4n) is 1.84. The number of aryl methyl sites for hydroxylation is 1. The predicted octanol–water partition coefficient (Wildman–Crippen LogP) is 3.89. The van der Waals surface area contributed by atoms with Crippen molar-refractivity contribution in [2.45, 2.75) is 6.92 Å². The number of para-hydroxylation sites is 1. The second-order valence-electron chi connectivity index (χ2n) is 3.91. The van der Waals surface area contributed by atoms with Crippen LogP contribution in [0.15, 0.2) is 42.5 Å². The first kappa shape index (κ1) is 12.1. The van der Waals surface area contributed by atoms with E-state index in [-0.39, 0.29) is 5.82 Å². The number of nitrogens with one attached hydrogen (secondary N) is 1. The highest BCUT2D eigenvalue weighted by atomic mass is 19.1. The van der Waals surface area contributed by atoms with E-state index in [0.717, 1.165) is 5.56 Å². The number of rotatable bonds is 2. The summed E-state index contributed by atoms with van der Waals surface area (Å²) < 4.78 is 13.7. The van der Waals surface area contributed by atoms with E-state index in [1.807, 2.05) is 0 Å².